The first-order valence-corrected chi connectivity index (χ1v) is 6.22. The fourth-order valence-electron chi connectivity index (χ4n) is 1.50. The summed E-state index contributed by atoms with van der Waals surface area (Å²) in [5, 5.41) is 1.26. The molecule has 102 valence electrons. The maximum atomic E-state index is 12.7. The van der Waals surface area contributed by atoms with Crippen molar-refractivity contribution in [3.8, 4) is 0 Å². The van der Waals surface area contributed by atoms with Crippen LogP contribution in [-0.2, 0) is 12.7 Å². The van der Waals surface area contributed by atoms with E-state index in [1.807, 2.05) is 0 Å². The van der Waals surface area contributed by atoms with Gasteiger partial charge in [-0.1, -0.05) is 12.1 Å². The molecule has 0 bridgehead atoms. The van der Waals surface area contributed by atoms with Gasteiger partial charge in [-0.3, -0.25) is 0 Å². The number of hydrogen-bond acceptors (Lipinski definition) is 3. The smallest absolute Gasteiger partial charge is 0.347 e. The van der Waals surface area contributed by atoms with E-state index in [1.54, 1.807) is 24.1 Å². The van der Waals surface area contributed by atoms with Gasteiger partial charge >= 0.3 is 6.18 Å². The zero-order chi connectivity index (χ0) is 14.0. The molecule has 0 aliphatic carbocycles. The zero-order valence-corrected chi connectivity index (χ0v) is 10.7. The second-order valence-electron chi connectivity index (χ2n) is 4.00. The van der Waals surface area contributed by atoms with Gasteiger partial charge in [0.2, 0.25) is 0 Å². The summed E-state index contributed by atoms with van der Waals surface area (Å²) >= 11 is 0.928. The molecule has 0 radical (unpaired) electrons. The van der Waals surface area contributed by atoms with Gasteiger partial charge in [-0.2, -0.15) is 13.2 Å². The lowest BCUT2D eigenvalue weighted by atomic mass is 10.2. The van der Waals surface area contributed by atoms with Crippen LogP contribution in [0.5, 0.6) is 0 Å². The molecule has 1 aromatic heterocycles. The van der Waals surface area contributed by atoms with Crippen molar-refractivity contribution in [1.29, 1.82) is 0 Å². The van der Waals surface area contributed by atoms with Crippen molar-refractivity contribution < 1.29 is 17.6 Å². The summed E-state index contributed by atoms with van der Waals surface area (Å²) in [6.07, 6.45) is -4.43. The molecule has 0 fully saturated rings. The molecule has 0 aliphatic rings. The third-order valence-electron chi connectivity index (χ3n) is 2.44. The number of nitrogens with zero attached hydrogens (tertiary/aromatic N) is 2. The fraction of sp³-hybridized carbons (Fsp3) is 0.250. The maximum Gasteiger partial charge on any atom is 0.434 e. The van der Waals surface area contributed by atoms with Crippen LogP contribution in [0.4, 0.5) is 22.7 Å². The molecule has 0 atom stereocenters. The van der Waals surface area contributed by atoms with Crippen molar-refractivity contribution in [1.82, 2.24) is 4.98 Å². The number of alkyl halides is 3. The number of benzene rings is 1. The first kappa shape index (κ1) is 13.8. The van der Waals surface area contributed by atoms with Crippen LogP contribution in [-0.4, -0.2) is 12.0 Å². The number of hydrogen-bond donors (Lipinski definition) is 0. The Hall–Kier alpha value is -1.63. The van der Waals surface area contributed by atoms with E-state index in [-0.39, 0.29) is 10.9 Å². The van der Waals surface area contributed by atoms with Gasteiger partial charge in [0.05, 0.1) is 0 Å². The molecule has 0 amide bonds. The van der Waals surface area contributed by atoms with Crippen LogP contribution in [0.3, 0.4) is 0 Å². The summed E-state index contributed by atoms with van der Waals surface area (Å²) in [5.41, 5.74) is -0.0916. The molecule has 0 saturated carbocycles. The number of aromatic nitrogens is 1. The Morgan fingerprint density at radius 3 is 2.37 bits per heavy atom. The summed E-state index contributed by atoms with van der Waals surface area (Å²) in [5.74, 6) is -0.347. The number of halogens is 4. The topological polar surface area (TPSA) is 16.1 Å². The molecule has 0 aliphatic heterocycles. The molecule has 19 heavy (non-hydrogen) atoms. The second kappa shape index (κ2) is 5.16. The average Bonchev–Trinajstić information content (AvgIpc) is 2.81. The monoisotopic (exact) mass is 290 g/mol. The molecule has 2 nitrogen and oxygen atoms in total. The lowest BCUT2D eigenvalue weighted by molar-refractivity contribution is -0.140. The van der Waals surface area contributed by atoms with E-state index < -0.39 is 11.9 Å². The summed E-state index contributed by atoms with van der Waals surface area (Å²) < 4.78 is 50.0. The minimum Gasteiger partial charge on any atom is -0.347 e. The zero-order valence-electron chi connectivity index (χ0n) is 9.91. The molecule has 2 aromatic rings. The van der Waals surface area contributed by atoms with E-state index >= 15 is 0 Å². The van der Waals surface area contributed by atoms with Gasteiger partial charge in [-0.15, -0.1) is 11.3 Å². The number of rotatable bonds is 3. The Morgan fingerprint density at radius 1 is 1.21 bits per heavy atom. The Morgan fingerprint density at radius 2 is 1.84 bits per heavy atom. The van der Waals surface area contributed by atoms with Gasteiger partial charge in [-0.25, -0.2) is 9.37 Å². The predicted molar refractivity (Wildman–Crippen MR) is 65.6 cm³/mol. The summed E-state index contributed by atoms with van der Waals surface area (Å²) in [4.78, 5) is 5.13. The molecule has 1 heterocycles. The van der Waals surface area contributed by atoms with Crippen LogP contribution < -0.4 is 4.90 Å². The van der Waals surface area contributed by atoms with Gasteiger partial charge < -0.3 is 4.90 Å². The van der Waals surface area contributed by atoms with E-state index in [4.69, 9.17) is 0 Å². The lowest BCUT2D eigenvalue weighted by Crippen LogP contribution is -2.16. The Bertz CT molecular complexity index is 548. The molecule has 0 saturated heterocycles. The first-order valence-electron chi connectivity index (χ1n) is 5.34. The third kappa shape index (κ3) is 3.44. The molecular formula is C12H10F4N2S. The highest BCUT2D eigenvalue weighted by molar-refractivity contribution is 7.13. The van der Waals surface area contributed by atoms with Crippen molar-refractivity contribution in [2.45, 2.75) is 12.7 Å². The van der Waals surface area contributed by atoms with Crippen LogP contribution in [0.25, 0.3) is 0 Å². The molecular weight excluding hydrogens is 280 g/mol. The van der Waals surface area contributed by atoms with Crippen LogP contribution >= 0.6 is 11.3 Å². The molecule has 0 unspecified atom stereocenters. The summed E-state index contributed by atoms with van der Waals surface area (Å²) in [7, 11) is 1.64. The second-order valence-corrected chi connectivity index (χ2v) is 4.83. The summed E-state index contributed by atoms with van der Waals surface area (Å²) in [6.45, 7) is 0.366. The van der Waals surface area contributed by atoms with Crippen molar-refractivity contribution in [3.63, 3.8) is 0 Å². The van der Waals surface area contributed by atoms with E-state index in [9.17, 15) is 17.6 Å². The van der Waals surface area contributed by atoms with Crippen LogP contribution in [0, 0.1) is 5.82 Å². The molecule has 0 spiro atoms. The summed E-state index contributed by atoms with van der Waals surface area (Å²) in [6, 6.07) is 5.80. The van der Waals surface area contributed by atoms with Crippen LogP contribution in [0.1, 0.15) is 11.3 Å². The minimum atomic E-state index is -4.43. The number of thiazole rings is 1. The molecule has 7 heteroatoms. The Balaban J connectivity index is 2.09. The van der Waals surface area contributed by atoms with Gasteiger partial charge in [0, 0.05) is 19.0 Å². The van der Waals surface area contributed by atoms with Crippen molar-refractivity contribution in [3.05, 3.63) is 46.7 Å². The van der Waals surface area contributed by atoms with Gasteiger partial charge in [-0.05, 0) is 17.7 Å². The standard InChI is InChI=1S/C12H10F4N2S/c1-18(6-8-2-4-9(13)5-3-8)11-17-10(7-19-11)12(14,15)16/h2-5,7H,6H2,1H3. The SMILES string of the molecule is CN(Cc1ccc(F)cc1)c1nc(C(F)(F)F)cs1. The quantitative estimate of drug-likeness (QED) is 0.796. The van der Waals surface area contributed by atoms with E-state index in [2.05, 4.69) is 4.98 Å². The average molecular weight is 290 g/mol. The van der Waals surface area contributed by atoms with E-state index in [0.29, 0.717) is 6.54 Å². The Kier molecular flexibility index (Phi) is 3.75. The highest BCUT2D eigenvalue weighted by atomic mass is 32.1. The van der Waals surface area contributed by atoms with Crippen LogP contribution in [0.2, 0.25) is 0 Å². The van der Waals surface area contributed by atoms with Gasteiger partial charge in [0.25, 0.3) is 0 Å². The number of anilines is 1. The molecule has 2 rings (SSSR count). The van der Waals surface area contributed by atoms with Crippen LogP contribution in [0.15, 0.2) is 29.6 Å². The highest BCUT2D eigenvalue weighted by Crippen LogP contribution is 2.32. The molecule has 0 N–H and O–H groups in total. The molecule has 1 aromatic carbocycles. The lowest BCUT2D eigenvalue weighted by Gasteiger charge is -2.15. The largest absolute Gasteiger partial charge is 0.434 e. The van der Waals surface area contributed by atoms with E-state index in [0.717, 1.165) is 22.3 Å². The maximum absolute atomic E-state index is 12.7. The van der Waals surface area contributed by atoms with Gasteiger partial charge in [0.1, 0.15) is 5.82 Å². The predicted octanol–water partition coefficient (Wildman–Crippen LogP) is 3.94. The van der Waals surface area contributed by atoms with Crippen molar-refractivity contribution >= 4 is 16.5 Å². The third-order valence-corrected chi connectivity index (χ3v) is 3.40. The van der Waals surface area contributed by atoms with Crippen molar-refractivity contribution in [2.75, 3.05) is 11.9 Å². The van der Waals surface area contributed by atoms with E-state index in [1.165, 1.54) is 12.1 Å². The van der Waals surface area contributed by atoms with Gasteiger partial charge in [0.15, 0.2) is 10.8 Å². The minimum absolute atomic E-state index is 0.275. The Labute approximate surface area is 111 Å². The first-order chi connectivity index (χ1) is 8.86. The fourth-order valence-corrected chi connectivity index (χ4v) is 2.30. The van der Waals surface area contributed by atoms with Crippen molar-refractivity contribution in [2.24, 2.45) is 0 Å². The normalized spacial score (nSPS) is 11.6. The highest BCUT2D eigenvalue weighted by Gasteiger charge is 2.34.